The van der Waals surface area contributed by atoms with E-state index >= 15 is 0 Å². The van der Waals surface area contributed by atoms with E-state index in [4.69, 9.17) is 5.73 Å². The summed E-state index contributed by atoms with van der Waals surface area (Å²) < 4.78 is 0. The minimum Gasteiger partial charge on any atom is -0.388 e. The van der Waals surface area contributed by atoms with Crippen molar-refractivity contribution in [2.45, 2.75) is 19.4 Å². The van der Waals surface area contributed by atoms with Crippen LogP contribution in [0.5, 0.6) is 0 Å². The SMILES string of the molecule is Cc1ccc([N+](=O)[O-])cc1[C@@H](O)CCN. The van der Waals surface area contributed by atoms with E-state index in [-0.39, 0.29) is 5.69 Å². The Balaban J connectivity index is 3.04. The van der Waals surface area contributed by atoms with Crippen LogP contribution in [0.3, 0.4) is 0 Å². The van der Waals surface area contributed by atoms with Gasteiger partial charge in [0.15, 0.2) is 0 Å². The van der Waals surface area contributed by atoms with Crippen molar-refractivity contribution in [3.8, 4) is 0 Å². The van der Waals surface area contributed by atoms with Crippen molar-refractivity contribution in [1.82, 2.24) is 0 Å². The second kappa shape index (κ2) is 4.86. The van der Waals surface area contributed by atoms with Gasteiger partial charge in [0, 0.05) is 12.1 Å². The highest BCUT2D eigenvalue weighted by molar-refractivity contribution is 5.40. The standard InChI is InChI=1S/C10H14N2O3/c1-7-2-3-8(12(14)15)6-9(7)10(13)4-5-11/h2-3,6,10,13H,4-5,11H2,1H3/t10-/m0/s1. The summed E-state index contributed by atoms with van der Waals surface area (Å²) in [5.74, 6) is 0. The molecule has 1 atom stereocenters. The lowest BCUT2D eigenvalue weighted by Crippen LogP contribution is -2.08. The molecule has 0 saturated carbocycles. The highest BCUT2D eigenvalue weighted by Gasteiger charge is 2.14. The van der Waals surface area contributed by atoms with E-state index in [0.29, 0.717) is 18.5 Å². The number of aryl methyl sites for hydroxylation is 1. The summed E-state index contributed by atoms with van der Waals surface area (Å²) in [6.45, 7) is 2.15. The number of hydrogen-bond donors (Lipinski definition) is 2. The number of nitro benzene ring substituents is 1. The average molecular weight is 210 g/mol. The largest absolute Gasteiger partial charge is 0.388 e. The molecule has 0 aromatic heterocycles. The zero-order valence-electron chi connectivity index (χ0n) is 8.51. The van der Waals surface area contributed by atoms with E-state index in [0.717, 1.165) is 5.56 Å². The summed E-state index contributed by atoms with van der Waals surface area (Å²) in [6, 6.07) is 4.46. The Hall–Kier alpha value is -1.46. The first-order chi connectivity index (χ1) is 7.06. The summed E-state index contributed by atoms with van der Waals surface area (Å²) in [7, 11) is 0. The van der Waals surface area contributed by atoms with E-state index in [9.17, 15) is 15.2 Å². The van der Waals surface area contributed by atoms with E-state index in [1.165, 1.54) is 12.1 Å². The van der Waals surface area contributed by atoms with Crippen molar-refractivity contribution < 1.29 is 10.0 Å². The van der Waals surface area contributed by atoms with E-state index in [1.54, 1.807) is 13.0 Å². The number of nitrogens with two attached hydrogens (primary N) is 1. The maximum Gasteiger partial charge on any atom is 0.269 e. The van der Waals surface area contributed by atoms with Gasteiger partial charge in [0.2, 0.25) is 0 Å². The molecule has 1 aromatic rings. The number of nitrogens with zero attached hydrogens (tertiary/aromatic N) is 1. The Bertz CT molecular complexity index is 366. The number of benzene rings is 1. The molecule has 5 heteroatoms. The molecule has 0 radical (unpaired) electrons. The van der Waals surface area contributed by atoms with Gasteiger partial charge in [0.1, 0.15) is 0 Å². The molecule has 0 aliphatic heterocycles. The summed E-state index contributed by atoms with van der Waals surface area (Å²) in [5, 5.41) is 20.2. The van der Waals surface area contributed by atoms with Crippen molar-refractivity contribution in [3.63, 3.8) is 0 Å². The Labute approximate surface area is 87.7 Å². The third kappa shape index (κ3) is 2.74. The molecular weight excluding hydrogens is 196 g/mol. The maximum atomic E-state index is 10.5. The Kier molecular flexibility index (Phi) is 3.76. The van der Waals surface area contributed by atoms with Crippen LogP contribution in [-0.4, -0.2) is 16.6 Å². The average Bonchev–Trinajstić information content (AvgIpc) is 2.18. The van der Waals surface area contributed by atoms with E-state index < -0.39 is 11.0 Å². The second-order valence-corrected chi connectivity index (χ2v) is 3.39. The van der Waals surface area contributed by atoms with Crippen molar-refractivity contribution >= 4 is 5.69 Å². The molecule has 15 heavy (non-hydrogen) atoms. The zero-order chi connectivity index (χ0) is 11.4. The van der Waals surface area contributed by atoms with E-state index in [1.807, 2.05) is 0 Å². The minimum atomic E-state index is -0.727. The number of aliphatic hydroxyl groups is 1. The molecule has 0 unspecified atom stereocenters. The fourth-order valence-electron chi connectivity index (χ4n) is 1.41. The molecule has 1 aromatic carbocycles. The molecular formula is C10H14N2O3. The van der Waals surface area contributed by atoms with Gasteiger partial charge in [0.25, 0.3) is 5.69 Å². The van der Waals surface area contributed by atoms with Crippen molar-refractivity contribution in [1.29, 1.82) is 0 Å². The lowest BCUT2D eigenvalue weighted by molar-refractivity contribution is -0.385. The number of hydrogen-bond acceptors (Lipinski definition) is 4. The van der Waals surface area contributed by atoms with Gasteiger partial charge in [-0.05, 0) is 31.0 Å². The molecule has 0 aliphatic rings. The first-order valence-corrected chi connectivity index (χ1v) is 4.69. The van der Waals surface area contributed by atoms with Crippen LogP contribution in [0, 0.1) is 17.0 Å². The van der Waals surface area contributed by atoms with Crippen LogP contribution < -0.4 is 5.73 Å². The van der Waals surface area contributed by atoms with Gasteiger partial charge >= 0.3 is 0 Å². The molecule has 0 spiro atoms. The highest BCUT2D eigenvalue weighted by Crippen LogP contribution is 2.24. The van der Waals surface area contributed by atoms with Gasteiger partial charge in [-0.3, -0.25) is 10.1 Å². The lowest BCUT2D eigenvalue weighted by Gasteiger charge is -2.12. The van der Waals surface area contributed by atoms with Crippen LogP contribution in [0.25, 0.3) is 0 Å². The normalized spacial score (nSPS) is 12.5. The molecule has 0 bridgehead atoms. The number of non-ortho nitro benzene ring substituents is 1. The smallest absolute Gasteiger partial charge is 0.269 e. The van der Waals surface area contributed by atoms with Gasteiger partial charge < -0.3 is 10.8 Å². The van der Waals surface area contributed by atoms with Gasteiger partial charge in [-0.1, -0.05) is 6.07 Å². The molecule has 0 amide bonds. The quantitative estimate of drug-likeness (QED) is 0.578. The van der Waals surface area contributed by atoms with Crippen LogP contribution in [0.4, 0.5) is 5.69 Å². The lowest BCUT2D eigenvalue weighted by atomic mass is 10.0. The monoisotopic (exact) mass is 210 g/mol. The third-order valence-electron chi connectivity index (χ3n) is 2.27. The van der Waals surface area contributed by atoms with E-state index in [2.05, 4.69) is 0 Å². The summed E-state index contributed by atoms with van der Waals surface area (Å²) in [4.78, 5) is 10.1. The van der Waals surface area contributed by atoms with Crippen LogP contribution >= 0.6 is 0 Å². The molecule has 0 aliphatic carbocycles. The topological polar surface area (TPSA) is 89.4 Å². The number of nitro groups is 1. The first kappa shape index (κ1) is 11.6. The second-order valence-electron chi connectivity index (χ2n) is 3.39. The molecule has 82 valence electrons. The Morgan fingerprint density at radius 2 is 2.27 bits per heavy atom. The van der Waals surface area contributed by atoms with Gasteiger partial charge in [-0.25, -0.2) is 0 Å². The fraction of sp³-hybridized carbons (Fsp3) is 0.400. The van der Waals surface area contributed by atoms with Crippen molar-refractivity contribution in [3.05, 3.63) is 39.4 Å². The molecule has 5 nitrogen and oxygen atoms in total. The van der Waals surface area contributed by atoms with Crippen molar-refractivity contribution in [2.24, 2.45) is 5.73 Å². The molecule has 1 rings (SSSR count). The minimum absolute atomic E-state index is 0.00771. The first-order valence-electron chi connectivity index (χ1n) is 4.69. The summed E-state index contributed by atoms with van der Waals surface area (Å²) in [6.07, 6.45) is -0.322. The molecule has 3 N–H and O–H groups in total. The zero-order valence-corrected chi connectivity index (χ0v) is 8.51. The predicted octanol–water partition coefficient (Wildman–Crippen LogP) is 1.29. The number of aliphatic hydroxyl groups excluding tert-OH is 1. The molecule has 0 fully saturated rings. The summed E-state index contributed by atoms with van der Waals surface area (Å²) in [5.41, 5.74) is 6.73. The van der Waals surface area contributed by atoms with Crippen molar-refractivity contribution in [2.75, 3.05) is 6.54 Å². The molecule has 0 saturated heterocycles. The number of rotatable bonds is 4. The summed E-state index contributed by atoms with van der Waals surface area (Å²) >= 11 is 0. The maximum absolute atomic E-state index is 10.5. The molecule has 0 heterocycles. The van der Waals surface area contributed by atoms with Crippen LogP contribution in [0.1, 0.15) is 23.7 Å². The van der Waals surface area contributed by atoms with Gasteiger partial charge in [0.05, 0.1) is 11.0 Å². The van der Waals surface area contributed by atoms with Crippen LogP contribution in [-0.2, 0) is 0 Å². The van der Waals surface area contributed by atoms with Crippen LogP contribution in [0.2, 0.25) is 0 Å². The predicted molar refractivity (Wildman–Crippen MR) is 56.5 cm³/mol. The van der Waals surface area contributed by atoms with Gasteiger partial charge in [-0.2, -0.15) is 0 Å². The third-order valence-corrected chi connectivity index (χ3v) is 2.27. The fourth-order valence-corrected chi connectivity index (χ4v) is 1.41. The highest BCUT2D eigenvalue weighted by atomic mass is 16.6. The Morgan fingerprint density at radius 3 is 2.80 bits per heavy atom. The Morgan fingerprint density at radius 1 is 1.60 bits per heavy atom. The van der Waals surface area contributed by atoms with Gasteiger partial charge in [-0.15, -0.1) is 0 Å². The van der Waals surface area contributed by atoms with Crippen LogP contribution in [0.15, 0.2) is 18.2 Å².